The van der Waals surface area contributed by atoms with Gasteiger partial charge in [-0.25, -0.2) is 0 Å². The number of hydrogen-bond donors (Lipinski definition) is 1. The summed E-state index contributed by atoms with van der Waals surface area (Å²) in [5.41, 5.74) is 2.05. The Labute approximate surface area is 107 Å². The van der Waals surface area contributed by atoms with E-state index in [-0.39, 0.29) is 0 Å². The SMILES string of the molecule is CN=C(Nc1ccccc1)c1ccc(OC)cc1. The van der Waals surface area contributed by atoms with Gasteiger partial charge in [-0.1, -0.05) is 18.2 Å². The molecule has 2 rings (SSSR count). The van der Waals surface area contributed by atoms with Crippen LogP contribution in [0.25, 0.3) is 0 Å². The van der Waals surface area contributed by atoms with E-state index < -0.39 is 0 Å². The van der Waals surface area contributed by atoms with Crippen molar-refractivity contribution < 1.29 is 4.74 Å². The summed E-state index contributed by atoms with van der Waals surface area (Å²) >= 11 is 0. The lowest BCUT2D eigenvalue weighted by Gasteiger charge is -2.10. The van der Waals surface area contributed by atoms with Crippen molar-refractivity contribution in [2.45, 2.75) is 0 Å². The van der Waals surface area contributed by atoms with Crippen molar-refractivity contribution in [1.82, 2.24) is 0 Å². The zero-order valence-corrected chi connectivity index (χ0v) is 10.6. The third-order valence-corrected chi connectivity index (χ3v) is 2.62. The molecule has 0 unspecified atom stereocenters. The lowest BCUT2D eigenvalue weighted by Crippen LogP contribution is -2.13. The number of methoxy groups -OCH3 is 1. The van der Waals surface area contributed by atoms with Gasteiger partial charge in [0.2, 0.25) is 0 Å². The van der Waals surface area contributed by atoms with Crippen LogP contribution in [0.2, 0.25) is 0 Å². The van der Waals surface area contributed by atoms with Crippen molar-refractivity contribution in [3.8, 4) is 5.75 Å². The number of nitrogens with one attached hydrogen (secondary N) is 1. The Bertz CT molecular complexity index is 518. The van der Waals surface area contributed by atoms with Gasteiger partial charge in [0.05, 0.1) is 7.11 Å². The van der Waals surface area contributed by atoms with Crippen LogP contribution in [0.1, 0.15) is 5.56 Å². The van der Waals surface area contributed by atoms with E-state index in [1.807, 2.05) is 54.6 Å². The molecule has 0 aromatic heterocycles. The molecule has 0 spiro atoms. The Morgan fingerprint density at radius 3 is 2.22 bits per heavy atom. The van der Waals surface area contributed by atoms with E-state index in [2.05, 4.69) is 10.3 Å². The fraction of sp³-hybridized carbons (Fsp3) is 0.133. The predicted molar refractivity (Wildman–Crippen MR) is 75.5 cm³/mol. The minimum Gasteiger partial charge on any atom is -0.497 e. The average molecular weight is 240 g/mol. The Morgan fingerprint density at radius 2 is 1.67 bits per heavy atom. The molecule has 0 aliphatic carbocycles. The highest BCUT2D eigenvalue weighted by molar-refractivity contribution is 6.08. The normalized spacial score (nSPS) is 11.1. The summed E-state index contributed by atoms with van der Waals surface area (Å²) < 4.78 is 5.14. The van der Waals surface area contributed by atoms with Crippen molar-refractivity contribution in [1.29, 1.82) is 0 Å². The summed E-state index contributed by atoms with van der Waals surface area (Å²) in [5, 5.41) is 3.29. The molecule has 0 bridgehead atoms. The van der Waals surface area contributed by atoms with Crippen LogP contribution in [0.3, 0.4) is 0 Å². The summed E-state index contributed by atoms with van der Waals surface area (Å²) in [4.78, 5) is 4.27. The smallest absolute Gasteiger partial charge is 0.132 e. The first-order valence-electron chi connectivity index (χ1n) is 5.77. The van der Waals surface area contributed by atoms with Gasteiger partial charge >= 0.3 is 0 Å². The highest BCUT2D eigenvalue weighted by Crippen LogP contribution is 2.14. The minimum atomic E-state index is 0.837. The zero-order chi connectivity index (χ0) is 12.8. The molecule has 0 radical (unpaired) electrons. The molecular weight excluding hydrogens is 224 g/mol. The molecule has 0 saturated heterocycles. The second-order valence-corrected chi connectivity index (χ2v) is 3.79. The van der Waals surface area contributed by atoms with Crippen LogP contribution < -0.4 is 10.1 Å². The quantitative estimate of drug-likeness (QED) is 0.660. The number of anilines is 1. The summed E-state index contributed by atoms with van der Waals surface area (Å²) in [6.07, 6.45) is 0. The largest absolute Gasteiger partial charge is 0.497 e. The van der Waals surface area contributed by atoms with Crippen molar-refractivity contribution in [3.63, 3.8) is 0 Å². The first-order valence-corrected chi connectivity index (χ1v) is 5.77. The van der Waals surface area contributed by atoms with E-state index in [9.17, 15) is 0 Å². The summed E-state index contributed by atoms with van der Waals surface area (Å²) in [7, 11) is 3.43. The standard InChI is InChI=1S/C15H16N2O/c1-16-15(17-13-6-4-3-5-7-13)12-8-10-14(18-2)11-9-12/h3-11H,1-2H3,(H,16,17). The maximum atomic E-state index is 5.14. The third kappa shape index (κ3) is 2.88. The first-order chi connectivity index (χ1) is 8.83. The molecule has 0 heterocycles. The summed E-state index contributed by atoms with van der Waals surface area (Å²) in [5.74, 6) is 1.68. The first kappa shape index (κ1) is 12.2. The van der Waals surface area contributed by atoms with E-state index >= 15 is 0 Å². The van der Waals surface area contributed by atoms with E-state index in [1.165, 1.54) is 0 Å². The number of rotatable bonds is 3. The molecule has 0 fully saturated rings. The van der Waals surface area contributed by atoms with Crippen LogP contribution >= 0.6 is 0 Å². The van der Waals surface area contributed by atoms with Gasteiger partial charge in [-0.05, 0) is 36.4 Å². The number of aliphatic imine (C=N–C) groups is 1. The number of amidine groups is 1. The maximum absolute atomic E-state index is 5.14. The Kier molecular flexibility index (Phi) is 3.97. The van der Waals surface area contributed by atoms with Crippen LogP contribution in [0.4, 0.5) is 5.69 Å². The molecule has 18 heavy (non-hydrogen) atoms. The lowest BCUT2D eigenvalue weighted by atomic mass is 10.2. The highest BCUT2D eigenvalue weighted by atomic mass is 16.5. The molecular formula is C15H16N2O. The van der Waals surface area contributed by atoms with Crippen molar-refractivity contribution >= 4 is 11.5 Å². The number of ether oxygens (including phenoxy) is 1. The van der Waals surface area contributed by atoms with Gasteiger partial charge in [0, 0.05) is 18.3 Å². The Hall–Kier alpha value is -2.29. The Morgan fingerprint density at radius 1 is 1.00 bits per heavy atom. The zero-order valence-electron chi connectivity index (χ0n) is 10.6. The molecule has 2 aromatic rings. The van der Waals surface area contributed by atoms with Crippen molar-refractivity contribution in [2.24, 2.45) is 4.99 Å². The highest BCUT2D eigenvalue weighted by Gasteiger charge is 2.03. The molecule has 3 nitrogen and oxygen atoms in total. The van der Waals surface area contributed by atoms with Crippen molar-refractivity contribution in [3.05, 3.63) is 60.2 Å². The molecule has 2 aromatic carbocycles. The molecule has 3 heteroatoms. The van der Waals surface area contributed by atoms with E-state index in [1.54, 1.807) is 14.2 Å². The molecule has 92 valence electrons. The van der Waals surface area contributed by atoms with Crippen LogP contribution in [0, 0.1) is 0 Å². The summed E-state index contributed by atoms with van der Waals surface area (Å²) in [6, 6.07) is 17.8. The molecule has 0 aliphatic rings. The number of para-hydroxylation sites is 1. The molecule has 0 aliphatic heterocycles. The average Bonchev–Trinajstić information content (AvgIpc) is 2.46. The van der Waals surface area contributed by atoms with Crippen LogP contribution in [0.15, 0.2) is 59.6 Å². The second kappa shape index (κ2) is 5.87. The fourth-order valence-corrected chi connectivity index (χ4v) is 1.66. The van der Waals surface area contributed by atoms with Gasteiger partial charge in [-0.15, -0.1) is 0 Å². The van der Waals surface area contributed by atoms with Crippen LogP contribution in [-0.4, -0.2) is 20.0 Å². The van der Waals surface area contributed by atoms with Gasteiger partial charge in [0.1, 0.15) is 11.6 Å². The maximum Gasteiger partial charge on any atom is 0.132 e. The van der Waals surface area contributed by atoms with E-state index in [0.29, 0.717) is 0 Å². The Balaban J connectivity index is 2.18. The number of hydrogen-bond acceptors (Lipinski definition) is 2. The minimum absolute atomic E-state index is 0.837. The van der Waals surface area contributed by atoms with Crippen molar-refractivity contribution in [2.75, 3.05) is 19.5 Å². The van der Waals surface area contributed by atoms with E-state index in [0.717, 1.165) is 22.8 Å². The summed E-state index contributed by atoms with van der Waals surface area (Å²) in [6.45, 7) is 0. The number of benzene rings is 2. The third-order valence-electron chi connectivity index (χ3n) is 2.62. The number of nitrogens with zero attached hydrogens (tertiary/aromatic N) is 1. The predicted octanol–water partition coefficient (Wildman–Crippen LogP) is 3.18. The van der Waals surface area contributed by atoms with Gasteiger partial charge in [0.15, 0.2) is 0 Å². The fourth-order valence-electron chi connectivity index (χ4n) is 1.66. The van der Waals surface area contributed by atoms with Gasteiger partial charge in [-0.3, -0.25) is 4.99 Å². The second-order valence-electron chi connectivity index (χ2n) is 3.79. The molecule has 1 N–H and O–H groups in total. The van der Waals surface area contributed by atoms with Crippen LogP contribution in [-0.2, 0) is 0 Å². The molecule has 0 saturated carbocycles. The van der Waals surface area contributed by atoms with Gasteiger partial charge in [-0.2, -0.15) is 0 Å². The van der Waals surface area contributed by atoms with Gasteiger partial charge < -0.3 is 10.1 Å². The van der Waals surface area contributed by atoms with Crippen LogP contribution in [0.5, 0.6) is 5.75 Å². The monoisotopic (exact) mass is 240 g/mol. The van der Waals surface area contributed by atoms with E-state index in [4.69, 9.17) is 4.74 Å². The lowest BCUT2D eigenvalue weighted by molar-refractivity contribution is 0.415. The topological polar surface area (TPSA) is 33.6 Å². The van der Waals surface area contributed by atoms with Gasteiger partial charge in [0.25, 0.3) is 0 Å². The molecule has 0 atom stereocenters. The molecule has 0 amide bonds.